The summed E-state index contributed by atoms with van der Waals surface area (Å²) in [5.41, 5.74) is 1.34. The Hall–Kier alpha value is -0.600. The lowest BCUT2D eigenvalue weighted by atomic mass is 9.86. The Morgan fingerprint density at radius 1 is 1.35 bits per heavy atom. The first-order chi connectivity index (χ1) is 7.81. The Balaban J connectivity index is 2.70. The van der Waals surface area contributed by atoms with Crippen LogP contribution >= 0.6 is 11.6 Å². The molecule has 0 fully saturated rings. The number of halogens is 2. The first kappa shape index (κ1) is 14.5. The Labute approximate surface area is 108 Å². The molecule has 0 amide bonds. The molecule has 0 aliphatic rings. The molecule has 1 rings (SSSR count). The van der Waals surface area contributed by atoms with E-state index in [0.717, 1.165) is 18.4 Å². The van der Waals surface area contributed by atoms with Crippen molar-refractivity contribution < 1.29 is 4.39 Å². The molecule has 1 aromatic carbocycles. The van der Waals surface area contributed by atoms with Crippen LogP contribution in [0.1, 0.15) is 32.8 Å². The topological polar surface area (TPSA) is 12.0 Å². The lowest BCUT2D eigenvalue weighted by Gasteiger charge is -2.25. The summed E-state index contributed by atoms with van der Waals surface area (Å²) in [7, 11) is 1.96. The first-order valence-electron chi connectivity index (χ1n) is 5.93. The Bertz CT molecular complexity index is 371. The van der Waals surface area contributed by atoms with E-state index in [9.17, 15) is 4.39 Å². The van der Waals surface area contributed by atoms with E-state index in [0.29, 0.717) is 6.04 Å². The first-order valence-corrected chi connectivity index (χ1v) is 6.31. The van der Waals surface area contributed by atoms with Crippen molar-refractivity contribution in [1.29, 1.82) is 0 Å². The van der Waals surface area contributed by atoms with Crippen molar-refractivity contribution in [3.63, 3.8) is 0 Å². The summed E-state index contributed by atoms with van der Waals surface area (Å²) < 4.78 is 13.0. The van der Waals surface area contributed by atoms with E-state index < -0.39 is 0 Å². The van der Waals surface area contributed by atoms with E-state index >= 15 is 0 Å². The molecule has 0 radical (unpaired) electrons. The van der Waals surface area contributed by atoms with Crippen molar-refractivity contribution in [2.45, 2.75) is 39.7 Å². The summed E-state index contributed by atoms with van der Waals surface area (Å²) in [5.74, 6) is -0.354. The largest absolute Gasteiger partial charge is 0.317 e. The van der Waals surface area contributed by atoms with Gasteiger partial charge < -0.3 is 5.32 Å². The molecule has 1 N–H and O–H groups in total. The number of benzene rings is 1. The van der Waals surface area contributed by atoms with Gasteiger partial charge in [0.05, 0.1) is 5.02 Å². The SMILES string of the molecule is CNC(Cc1ccc(F)c(Cl)c1)CC(C)(C)C. The van der Waals surface area contributed by atoms with Gasteiger partial charge in [-0.15, -0.1) is 0 Å². The monoisotopic (exact) mass is 257 g/mol. The average Bonchev–Trinajstić information content (AvgIpc) is 2.20. The van der Waals surface area contributed by atoms with E-state index in [1.54, 1.807) is 12.1 Å². The van der Waals surface area contributed by atoms with Gasteiger partial charge in [0.2, 0.25) is 0 Å². The molecule has 0 saturated carbocycles. The van der Waals surface area contributed by atoms with Crippen LogP contribution < -0.4 is 5.32 Å². The van der Waals surface area contributed by atoms with Crippen molar-refractivity contribution in [3.8, 4) is 0 Å². The van der Waals surface area contributed by atoms with Gasteiger partial charge in [-0.25, -0.2) is 4.39 Å². The molecule has 1 unspecified atom stereocenters. The fraction of sp³-hybridized carbons (Fsp3) is 0.571. The summed E-state index contributed by atoms with van der Waals surface area (Å²) in [6.45, 7) is 6.65. The number of hydrogen-bond acceptors (Lipinski definition) is 1. The minimum Gasteiger partial charge on any atom is -0.317 e. The lowest BCUT2D eigenvalue weighted by molar-refractivity contribution is 0.316. The molecule has 0 aliphatic heterocycles. The molecule has 0 aliphatic carbocycles. The van der Waals surface area contributed by atoms with Crippen LogP contribution in [0.2, 0.25) is 5.02 Å². The van der Waals surface area contributed by atoms with Gasteiger partial charge in [0.25, 0.3) is 0 Å². The zero-order chi connectivity index (χ0) is 13.1. The summed E-state index contributed by atoms with van der Waals surface area (Å²) in [5, 5.41) is 3.51. The predicted octanol–water partition coefficient (Wildman–Crippen LogP) is 4.05. The van der Waals surface area contributed by atoms with Gasteiger partial charge in [-0.1, -0.05) is 38.4 Å². The summed E-state index contributed by atoms with van der Waals surface area (Å²) >= 11 is 5.78. The van der Waals surface area contributed by atoms with Gasteiger partial charge in [0, 0.05) is 6.04 Å². The van der Waals surface area contributed by atoms with Gasteiger partial charge >= 0.3 is 0 Å². The van der Waals surface area contributed by atoms with Gasteiger partial charge in [-0.2, -0.15) is 0 Å². The van der Waals surface area contributed by atoms with Gasteiger partial charge in [0.1, 0.15) is 5.82 Å². The van der Waals surface area contributed by atoms with Crippen LogP contribution in [0.3, 0.4) is 0 Å². The number of rotatable bonds is 4. The molecule has 0 spiro atoms. The van der Waals surface area contributed by atoms with Crippen molar-refractivity contribution >= 4 is 11.6 Å². The fourth-order valence-electron chi connectivity index (χ4n) is 1.97. The quantitative estimate of drug-likeness (QED) is 0.858. The summed E-state index contributed by atoms with van der Waals surface area (Å²) in [6.07, 6.45) is 1.94. The normalized spacial score (nSPS) is 13.8. The highest BCUT2D eigenvalue weighted by atomic mass is 35.5. The molecule has 3 heteroatoms. The van der Waals surface area contributed by atoms with Gasteiger partial charge in [0.15, 0.2) is 0 Å². The van der Waals surface area contributed by atoms with Crippen molar-refractivity contribution in [1.82, 2.24) is 5.32 Å². The minimum absolute atomic E-state index is 0.202. The lowest BCUT2D eigenvalue weighted by Crippen LogP contribution is -2.32. The molecule has 0 saturated heterocycles. The van der Waals surface area contributed by atoms with Crippen LogP contribution in [0.25, 0.3) is 0 Å². The molecule has 1 atom stereocenters. The smallest absolute Gasteiger partial charge is 0.141 e. The second-order valence-electron chi connectivity index (χ2n) is 5.70. The van der Waals surface area contributed by atoms with E-state index in [-0.39, 0.29) is 16.3 Å². The predicted molar refractivity (Wildman–Crippen MR) is 72.0 cm³/mol. The molecular weight excluding hydrogens is 237 g/mol. The second kappa shape index (κ2) is 5.83. The fourth-order valence-corrected chi connectivity index (χ4v) is 2.17. The van der Waals surface area contributed by atoms with E-state index in [2.05, 4.69) is 26.1 Å². The highest BCUT2D eigenvalue weighted by Crippen LogP contribution is 2.23. The zero-order valence-electron chi connectivity index (χ0n) is 11.0. The van der Waals surface area contributed by atoms with Crippen LogP contribution in [0.15, 0.2) is 18.2 Å². The third kappa shape index (κ3) is 5.05. The van der Waals surface area contributed by atoms with Crippen molar-refractivity contribution in [3.05, 3.63) is 34.6 Å². The summed E-state index contributed by atoms with van der Waals surface area (Å²) in [4.78, 5) is 0. The maximum absolute atomic E-state index is 13.0. The third-order valence-electron chi connectivity index (χ3n) is 2.73. The zero-order valence-corrected chi connectivity index (χ0v) is 11.7. The molecule has 96 valence electrons. The Morgan fingerprint density at radius 2 is 2.00 bits per heavy atom. The van der Waals surface area contributed by atoms with E-state index in [1.807, 2.05) is 7.05 Å². The number of hydrogen-bond donors (Lipinski definition) is 1. The third-order valence-corrected chi connectivity index (χ3v) is 3.02. The molecule has 0 aromatic heterocycles. The van der Waals surface area contributed by atoms with Crippen molar-refractivity contribution in [2.24, 2.45) is 5.41 Å². The molecule has 0 bridgehead atoms. The van der Waals surface area contributed by atoms with Crippen molar-refractivity contribution in [2.75, 3.05) is 7.05 Å². The second-order valence-corrected chi connectivity index (χ2v) is 6.11. The van der Waals surface area contributed by atoms with Crippen LogP contribution in [-0.4, -0.2) is 13.1 Å². The molecule has 17 heavy (non-hydrogen) atoms. The average molecular weight is 258 g/mol. The molecule has 1 aromatic rings. The van der Waals surface area contributed by atoms with Gasteiger partial charge in [-0.3, -0.25) is 0 Å². The number of nitrogens with one attached hydrogen (secondary N) is 1. The van der Waals surface area contributed by atoms with Gasteiger partial charge in [-0.05, 0) is 43.0 Å². The minimum atomic E-state index is -0.354. The number of likely N-dealkylation sites (N-methyl/N-ethyl adjacent to an activating group) is 1. The van der Waals surface area contributed by atoms with Crippen LogP contribution in [-0.2, 0) is 6.42 Å². The van der Waals surface area contributed by atoms with Crippen LogP contribution in [0.4, 0.5) is 4.39 Å². The van der Waals surface area contributed by atoms with E-state index in [1.165, 1.54) is 6.07 Å². The highest BCUT2D eigenvalue weighted by molar-refractivity contribution is 6.30. The Morgan fingerprint density at radius 3 is 2.47 bits per heavy atom. The highest BCUT2D eigenvalue weighted by Gasteiger charge is 2.18. The molecular formula is C14H21ClFN. The van der Waals surface area contributed by atoms with Crippen LogP contribution in [0.5, 0.6) is 0 Å². The maximum Gasteiger partial charge on any atom is 0.141 e. The standard InChI is InChI=1S/C14H21ClFN/c1-14(2,3)9-11(17-4)7-10-5-6-13(16)12(15)8-10/h5-6,8,11,17H,7,9H2,1-4H3. The Kier molecular flexibility index (Phi) is 4.96. The van der Waals surface area contributed by atoms with Crippen LogP contribution in [0, 0.1) is 11.2 Å². The molecule has 0 heterocycles. The maximum atomic E-state index is 13.0. The molecule has 1 nitrogen and oxygen atoms in total. The summed E-state index contributed by atoms with van der Waals surface area (Å²) in [6, 6.07) is 5.33. The van der Waals surface area contributed by atoms with E-state index in [4.69, 9.17) is 11.6 Å².